The van der Waals surface area contributed by atoms with Crippen LogP contribution in [0.5, 0.6) is 0 Å². The van der Waals surface area contributed by atoms with E-state index in [0.29, 0.717) is 13.0 Å². The maximum atomic E-state index is 11.1. The highest BCUT2D eigenvalue weighted by Crippen LogP contribution is 2.12. The van der Waals surface area contributed by atoms with Crippen molar-refractivity contribution >= 4 is 5.91 Å². The molecule has 0 aromatic heterocycles. The third kappa shape index (κ3) is 2.12. The molecule has 1 aliphatic heterocycles. The number of amides is 1. The van der Waals surface area contributed by atoms with E-state index in [9.17, 15) is 4.79 Å². The molecule has 1 saturated heterocycles. The molecule has 2 N–H and O–H groups in total. The van der Waals surface area contributed by atoms with Crippen LogP contribution in [0.25, 0.3) is 0 Å². The van der Waals surface area contributed by atoms with Gasteiger partial charge in [0.15, 0.2) is 0 Å². The third-order valence-electron chi connectivity index (χ3n) is 2.45. The van der Waals surface area contributed by atoms with Crippen LogP contribution < -0.4 is 10.6 Å². The van der Waals surface area contributed by atoms with Gasteiger partial charge in [-0.1, -0.05) is 30.3 Å². The third-order valence-corrected chi connectivity index (χ3v) is 2.45. The lowest BCUT2D eigenvalue weighted by Crippen LogP contribution is -2.28. The zero-order valence-electron chi connectivity index (χ0n) is 7.99. The molecule has 3 nitrogen and oxygen atoms in total. The van der Waals surface area contributed by atoms with E-state index >= 15 is 0 Å². The van der Waals surface area contributed by atoms with Crippen LogP contribution in [0.1, 0.15) is 18.0 Å². The minimum absolute atomic E-state index is 0.135. The van der Waals surface area contributed by atoms with Gasteiger partial charge in [-0.3, -0.25) is 4.79 Å². The van der Waals surface area contributed by atoms with Crippen molar-refractivity contribution < 1.29 is 4.79 Å². The van der Waals surface area contributed by atoms with E-state index in [2.05, 4.69) is 22.8 Å². The van der Waals surface area contributed by atoms with Gasteiger partial charge < -0.3 is 10.6 Å². The molecule has 0 radical (unpaired) electrons. The quantitative estimate of drug-likeness (QED) is 0.689. The van der Waals surface area contributed by atoms with Gasteiger partial charge in [-0.2, -0.15) is 0 Å². The van der Waals surface area contributed by atoms with Gasteiger partial charge in [-0.25, -0.2) is 0 Å². The number of carbonyl (C=O) groups is 1. The summed E-state index contributed by atoms with van der Waals surface area (Å²) >= 11 is 0. The number of rotatable bonds is 1. The van der Waals surface area contributed by atoms with Crippen molar-refractivity contribution in [2.24, 2.45) is 0 Å². The maximum absolute atomic E-state index is 11.1. The molecular weight excluding hydrogens is 176 g/mol. The summed E-state index contributed by atoms with van der Waals surface area (Å²) in [5.74, 6) is 0.135. The minimum atomic E-state index is 0.135. The Morgan fingerprint density at radius 3 is 2.79 bits per heavy atom. The van der Waals surface area contributed by atoms with Crippen molar-refractivity contribution in [1.82, 2.24) is 10.6 Å². The summed E-state index contributed by atoms with van der Waals surface area (Å²) in [6.07, 6.45) is 0.573. The monoisotopic (exact) mass is 190 g/mol. The van der Waals surface area contributed by atoms with Gasteiger partial charge in [-0.05, 0) is 5.56 Å². The number of carbonyl (C=O) groups excluding carboxylic acids is 1. The largest absolute Gasteiger partial charge is 0.354 e. The molecule has 1 atom stereocenters. The zero-order chi connectivity index (χ0) is 9.80. The summed E-state index contributed by atoms with van der Waals surface area (Å²) in [4.78, 5) is 11.1. The van der Waals surface area contributed by atoms with Crippen molar-refractivity contribution in [3.05, 3.63) is 35.9 Å². The van der Waals surface area contributed by atoms with Gasteiger partial charge in [0.1, 0.15) is 0 Å². The molecule has 0 saturated carbocycles. The van der Waals surface area contributed by atoms with Crippen LogP contribution in [0.2, 0.25) is 0 Å². The average molecular weight is 190 g/mol. The fraction of sp³-hybridized carbons (Fsp3) is 0.364. The summed E-state index contributed by atoms with van der Waals surface area (Å²) < 4.78 is 0. The Bertz CT molecular complexity index is 310. The molecule has 0 spiro atoms. The predicted octanol–water partition coefficient (Wildman–Crippen LogP) is 0.837. The maximum Gasteiger partial charge on any atom is 0.221 e. The SMILES string of the molecule is O=C1CCNC(c2ccccc2)CN1. The molecule has 0 bridgehead atoms. The minimum Gasteiger partial charge on any atom is -0.354 e. The molecule has 1 unspecified atom stereocenters. The molecule has 2 rings (SSSR count). The summed E-state index contributed by atoms with van der Waals surface area (Å²) in [5.41, 5.74) is 1.23. The van der Waals surface area contributed by atoms with Gasteiger partial charge in [0.2, 0.25) is 5.91 Å². The van der Waals surface area contributed by atoms with Crippen molar-refractivity contribution in [3.63, 3.8) is 0 Å². The summed E-state index contributed by atoms with van der Waals surface area (Å²) in [5, 5.41) is 6.24. The van der Waals surface area contributed by atoms with Crippen molar-refractivity contribution in [3.8, 4) is 0 Å². The first-order valence-electron chi connectivity index (χ1n) is 4.91. The fourth-order valence-electron chi connectivity index (χ4n) is 1.66. The summed E-state index contributed by atoms with van der Waals surface area (Å²) in [6, 6.07) is 10.4. The van der Waals surface area contributed by atoms with Gasteiger partial charge in [0.05, 0.1) is 0 Å². The number of benzene rings is 1. The molecular formula is C11H14N2O. The Morgan fingerprint density at radius 2 is 2.00 bits per heavy atom. The highest BCUT2D eigenvalue weighted by molar-refractivity contribution is 5.76. The Morgan fingerprint density at radius 1 is 1.21 bits per heavy atom. The fourth-order valence-corrected chi connectivity index (χ4v) is 1.66. The van der Waals surface area contributed by atoms with E-state index in [1.54, 1.807) is 0 Å². The number of nitrogens with one attached hydrogen (secondary N) is 2. The first-order valence-corrected chi connectivity index (χ1v) is 4.91. The Labute approximate surface area is 83.5 Å². The standard InChI is InChI=1S/C11H14N2O/c14-11-6-7-12-10(8-13-11)9-4-2-1-3-5-9/h1-5,10,12H,6-8H2,(H,13,14). The van der Waals surface area contributed by atoms with Gasteiger partial charge in [-0.15, -0.1) is 0 Å². The molecule has 74 valence electrons. The van der Waals surface area contributed by atoms with Crippen LogP contribution in [0, 0.1) is 0 Å². The lowest BCUT2D eigenvalue weighted by Gasteiger charge is -2.15. The molecule has 1 aliphatic rings. The van der Waals surface area contributed by atoms with Crippen LogP contribution in [-0.4, -0.2) is 19.0 Å². The van der Waals surface area contributed by atoms with Crippen molar-refractivity contribution in [1.29, 1.82) is 0 Å². The number of hydrogen-bond acceptors (Lipinski definition) is 2. The van der Waals surface area contributed by atoms with E-state index in [-0.39, 0.29) is 11.9 Å². The van der Waals surface area contributed by atoms with Crippen molar-refractivity contribution in [2.45, 2.75) is 12.5 Å². The first kappa shape index (κ1) is 9.21. The highest BCUT2D eigenvalue weighted by Gasteiger charge is 2.15. The normalized spacial score (nSPS) is 22.6. The Hall–Kier alpha value is -1.35. The molecule has 1 fully saturated rings. The second-order valence-electron chi connectivity index (χ2n) is 3.47. The van der Waals surface area contributed by atoms with Gasteiger partial charge in [0.25, 0.3) is 0 Å². The first-order chi connectivity index (χ1) is 6.86. The molecule has 1 heterocycles. The van der Waals surface area contributed by atoms with Crippen LogP contribution in [-0.2, 0) is 4.79 Å². The Kier molecular flexibility index (Phi) is 2.79. The molecule has 14 heavy (non-hydrogen) atoms. The highest BCUT2D eigenvalue weighted by atomic mass is 16.1. The lowest BCUT2D eigenvalue weighted by molar-refractivity contribution is -0.120. The van der Waals surface area contributed by atoms with E-state index < -0.39 is 0 Å². The van der Waals surface area contributed by atoms with E-state index in [4.69, 9.17) is 0 Å². The predicted molar refractivity (Wildman–Crippen MR) is 54.8 cm³/mol. The Balaban J connectivity index is 2.08. The molecule has 1 aromatic rings. The molecule has 3 heteroatoms. The van der Waals surface area contributed by atoms with Crippen LogP contribution in [0.3, 0.4) is 0 Å². The second-order valence-corrected chi connectivity index (χ2v) is 3.47. The summed E-state index contributed by atoms with van der Waals surface area (Å²) in [7, 11) is 0. The van der Waals surface area contributed by atoms with Crippen molar-refractivity contribution in [2.75, 3.05) is 13.1 Å². The van der Waals surface area contributed by atoms with E-state index in [0.717, 1.165) is 6.54 Å². The molecule has 1 aromatic carbocycles. The molecule has 1 amide bonds. The van der Waals surface area contributed by atoms with E-state index in [1.165, 1.54) is 5.56 Å². The summed E-state index contributed by atoms with van der Waals surface area (Å²) in [6.45, 7) is 1.44. The van der Waals surface area contributed by atoms with E-state index in [1.807, 2.05) is 18.2 Å². The van der Waals surface area contributed by atoms with Crippen LogP contribution in [0.4, 0.5) is 0 Å². The van der Waals surface area contributed by atoms with Crippen LogP contribution >= 0.6 is 0 Å². The lowest BCUT2D eigenvalue weighted by atomic mass is 10.1. The second kappa shape index (κ2) is 4.24. The average Bonchev–Trinajstić information content (AvgIpc) is 2.44. The smallest absolute Gasteiger partial charge is 0.221 e. The van der Waals surface area contributed by atoms with Gasteiger partial charge >= 0.3 is 0 Å². The van der Waals surface area contributed by atoms with Crippen LogP contribution in [0.15, 0.2) is 30.3 Å². The zero-order valence-corrected chi connectivity index (χ0v) is 7.99. The topological polar surface area (TPSA) is 41.1 Å². The number of hydrogen-bond donors (Lipinski definition) is 2. The molecule has 0 aliphatic carbocycles. The van der Waals surface area contributed by atoms with Gasteiger partial charge in [0, 0.05) is 25.6 Å².